The monoisotopic (exact) mass is 419 g/mol. The number of nitrogens with one attached hydrogen (secondary N) is 2. The van der Waals surface area contributed by atoms with Crippen LogP contribution in [-0.4, -0.2) is 39.1 Å². The van der Waals surface area contributed by atoms with Gasteiger partial charge in [-0.3, -0.25) is 9.36 Å². The average molecular weight is 420 g/mol. The molecule has 1 amide bonds. The molecule has 2 N–H and O–H groups in total. The van der Waals surface area contributed by atoms with Gasteiger partial charge in [0.1, 0.15) is 5.40 Å². The fourth-order valence-corrected chi connectivity index (χ4v) is 4.44. The first-order valence-electron chi connectivity index (χ1n) is 8.84. The number of hydrogen-bond acceptors (Lipinski definition) is 7. The Balaban J connectivity index is 1.62. The van der Waals surface area contributed by atoms with E-state index in [0.29, 0.717) is 18.3 Å². The first-order valence-corrected chi connectivity index (χ1v) is 10.6. The summed E-state index contributed by atoms with van der Waals surface area (Å²) >= 11 is 2.30. The number of rotatable bonds is 7. The summed E-state index contributed by atoms with van der Waals surface area (Å²) in [5, 5.41) is 20.7. The van der Waals surface area contributed by atoms with Crippen molar-refractivity contribution in [1.82, 2.24) is 14.8 Å². The molecule has 8 nitrogen and oxygen atoms in total. The number of benzene rings is 1. The fraction of sp³-hybridized carbons (Fsp3) is 0.444. The minimum atomic E-state index is -0.296. The molecule has 2 aromatic rings. The highest BCUT2D eigenvalue weighted by Gasteiger charge is 2.20. The van der Waals surface area contributed by atoms with Crippen LogP contribution >= 0.6 is 23.5 Å². The second-order valence-electron chi connectivity index (χ2n) is 6.52. The van der Waals surface area contributed by atoms with E-state index in [4.69, 9.17) is 10.00 Å². The number of thioether (sulfide) groups is 2. The van der Waals surface area contributed by atoms with E-state index >= 15 is 0 Å². The van der Waals surface area contributed by atoms with Gasteiger partial charge in [0, 0.05) is 17.2 Å². The number of anilines is 1. The van der Waals surface area contributed by atoms with Crippen molar-refractivity contribution < 1.29 is 9.53 Å². The third kappa shape index (κ3) is 4.98. The van der Waals surface area contributed by atoms with Crippen molar-refractivity contribution in [2.45, 2.75) is 49.4 Å². The Morgan fingerprint density at radius 3 is 2.86 bits per heavy atom. The lowest BCUT2D eigenvalue weighted by atomic mass is 10.1. The SMILES string of the molecule is Cc1cc(SC#N)cc(C)c1NC(=O)CSc1n[nH]c(=O)n1C[C@H]1CCCO1. The first-order chi connectivity index (χ1) is 13.5. The molecule has 0 bridgehead atoms. The topological polar surface area (TPSA) is 113 Å². The van der Waals surface area contributed by atoms with E-state index in [1.807, 2.05) is 31.4 Å². The minimum Gasteiger partial charge on any atom is -0.376 e. The standard InChI is InChI=1S/C18H21N5O3S2/c1-11-6-14(28-10-19)7-12(2)16(11)20-15(24)9-27-18-22-21-17(25)23(18)8-13-4-3-5-26-13/h6-7,13H,3-5,8-9H2,1-2H3,(H,20,24)(H,21,25)/t13-/m1/s1. The second kappa shape index (κ2) is 9.32. The van der Waals surface area contributed by atoms with Crippen LogP contribution in [0.2, 0.25) is 0 Å². The van der Waals surface area contributed by atoms with Crippen LogP contribution in [0.4, 0.5) is 5.69 Å². The molecule has 10 heteroatoms. The molecule has 148 valence electrons. The first kappa shape index (κ1) is 20.5. The summed E-state index contributed by atoms with van der Waals surface area (Å²) in [7, 11) is 0. The summed E-state index contributed by atoms with van der Waals surface area (Å²) in [5.74, 6) is -0.0559. The number of H-pyrrole nitrogens is 1. The highest BCUT2D eigenvalue weighted by molar-refractivity contribution is 8.03. The zero-order chi connectivity index (χ0) is 20.1. The highest BCUT2D eigenvalue weighted by Crippen LogP contribution is 2.28. The molecular formula is C18H21N5O3S2. The summed E-state index contributed by atoms with van der Waals surface area (Å²) in [6.45, 7) is 4.94. The van der Waals surface area contributed by atoms with Gasteiger partial charge in [-0.15, -0.1) is 5.10 Å². The zero-order valence-electron chi connectivity index (χ0n) is 15.7. The predicted octanol–water partition coefficient (Wildman–Crippen LogP) is 2.67. The smallest absolute Gasteiger partial charge is 0.344 e. The molecule has 0 saturated carbocycles. The molecule has 1 aliphatic rings. The second-order valence-corrected chi connectivity index (χ2v) is 8.32. The number of aromatic amines is 1. The van der Waals surface area contributed by atoms with E-state index in [2.05, 4.69) is 15.5 Å². The number of hydrogen-bond donors (Lipinski definition) is 2. The molecule has 2 heterocycles. The Bertz CT molecular complexity index is 934. The molecule has 1 atom stereocenters. The molecule has 1 aliphatic heterocycles. The zero-order valence-corrected chi connectivity index (χ0v) is 17.3. The van der Waals surface area contributed by atoms with Gasteiger partial charge < -0.3 is 10.1 Å². The number of nitrogens with zero attached hydrogens (tertiary/aromatic N) is 3. The van der Waals surface area contributed by atoms with Crippen molar-refractivity contribution in [1.29, 1.82) is 5.26 Å². The van der Waals surface area contributed by atoms with Crippen LogP contribution in [0.3, 0.4) is 0 Å². The third-order valence-corrected chi connectivity index (χ3v) is 5.94. The van der Waals surface area contributed by atoms with Crippen molar-refractivity contribution in [3.05, 3.63) is 33.7 Å². The lowest BCUT2D eigenvalue weighted by molar-refractivity contribution is -0.113. The average Bonchev–Trinajstić information content (AvgIpc) is 3.28. The maximum atomic E-state index is 12.4. The van der Waals surface area contributed by atoms with Crippen LogP contribution in [-0.2, 0) is 16.1 Å². The summed E-state index contributed by atoms with van der Waals surface area (Å²) in [4.78, 5) is 25.3. The van der Waals surface area contributed by atoms with Crippen molar-refractivity contribution in [2.75, 3.05) is 17.7 Å². The lowest BCUT2D eigenvalue weighted by Gasteiger charge is -2.13. The Morgan fingerprint density at radius 1 is 1.46 bits per heavy atom. The summed E-state index contributed by atoms with van der Waals surface area (Å²) in [5.41, 5.74) is 2.24. The Morgan fingerprint density at radius 2 is 2.21 bits per heavy atom. The van der Waals surface area contributed by atoms with Crippen LogP contribution in [0.15, 0.2) is 27.0 Å². The molecule has 1 aromatic heterocycles. The number of ether oxygens (including phenoxy) is 1. The van der Waals surface area contributed by atoms with Gasteiger partial charge in [0.25, 0.3) is 0 Å². The Kier molecular flexibility index (Phi) is 6.83. The van der Waals surface area contributed by atoms with Gasteiger partial charge in [-0.05, 0) is 61.7 Å². The fourth-order valence-electron chi connectivity index (χ4n) is 3.10. The summed E-state index contributed by atoms with van der Waals surface area (Å²) in [6, 6.07) is 3.74. The van der Waals surface area contributed by atoms with E-state index in [1.165, 1.54) is 16.3 Å². The summed E-state index contributed by atoms with van der Waals surface area (Å²) < 4.78 is 7.11. The molecular weight excluding hydrogens is 398 g/mol. The van der Waals surface area contributed by atoms with Crippen molar-refractivity contribution in [2.24, 2.45) is 0 Å². The van der Waals surface area contributed by atoms with Crippen molar-refractivity contribution >= 4 is 35.1 Å². The van der Waals surface area contributed by atoms with E-state index < -0.39 is 0 Å². The molecule has 1 fully saturated rings. The third-order valence-electron chi connectivity index (χ3n) is 4.40. The largest absolute Gasteiger partial charge is 0.376 e. The molecule has 28 heavy (non-hydrogen) atoms. The van der Waals surface area contributed by atoms with Gasteiger partial charge >= 0.3 is 5.69 Å². The number of nitriles is 1. The number of carbonyl (C=O) groups excluding carboxylic acids is 1. The molecule has 3 rings (SSSR count). The van der Waals surface area contributed by atoms with E-state index in [-0.39, 0.29) is 23.5 Å². The van der Waals surface area contributed by atoms with Crippen LogP contribution in [0.25, 0.3) is 0 Å². The number of amides is 1. The normalized spacial score (nSPS) is 16.1. The molecule has 0 aliphatic carbocycles. The molecule has 0 unspecified atom stereocenters. The van der Waals surface area contributed by atoms with E-state index in [1.54, 1.807) is 0 Å². The maximum Gasteiger partial charge on any atom is 0.344 e. The van der Waals surface area contributed by atoms with Gasteiger partial charge in [-0.2, -0.15) is 5.26 Å². The van der Waals surface area contributed by atoms with Crippen LogP contribution in [0.1, 0.15) is 24.0 Å². The molecule has 1 saturated heterocycles. The number of carbonyl (C=O) groups is 1. The number of aromatic nitrogens is 3. The van der Waals surface area contributed by atoms with Gasteiger partial charge in [0.05, 0.1) is 18.4 Å². The lowest BCUT2D eigenvalue weighted by Crippen LogP contribution is -2.25. The number of aryl methyl sites for hydroxylation is 2. The van der Waals surface area contributed by atoms with E-state index in [9.17, 15) is 9.59 Å². The van der Waals surface area contributed by atoms with Crippen LogP contribution in [0.5, 0.6) is 0 Å². The number of thiocyanates is 1. The maximum absolute atomic E-state index is 12.4. The molecule has 0 spiro atoms. The molecule has 0 radical (unpaired) electrons. The van der Waals surface area contributed by atoms with Gasteiger partial charge in [0.15, 0.2) is 5.16 Å². The van der Waals surface area contributed by atoms with Gasteiger partial charge in [-0.1, -0.05) is 11.8 Å². The highest BCUT2D eigenvalue weighted by atomic mass is 32.2. The van der Waals surface area contributed by atoms with Gasteiger partial charge in [0.2, 0.25) is 5.91 Å². The molecule has 1 aromatic carbocycles. The van der Waals surface area contributed by atoms with Crippen LogP contribution in [0, 0.1) is 24.5 Å². The van der Waals surface area contributed by atoms with Gasteiger partial charge in [-0.25, -0.2) is 9.89 Å². The Hall–Kier alpha value is -2.22. The quantitative estimate of drug-likeness (QED) is 0.524. The van der Waals surface area contributed by atoms with Crippen LogP contribution < -0.4 is 11.0 Å². The summed E-state index contributed by atoms with van der Waals surface area (Å²) in [6.07, 6.45) is 1.92. The van der Waals surface area contributed by atoms with E-state index in [0.717, 1.165) is 46.3 Å². The minimum absolute atomic E-state index is 0.0126. The van der Waals surface area contributed by atoms with Crippen molar-refractivity contribution in [3.63, 3.8) is 0 Å². The predicted molar refractivity (Wildman–Crippen MR) is 109 cm³/mol. The van der Waals surface area contributed by atoms with Crippen molar-refractivity contribution in [3.8, 4) is 5.40 Å². The Labute approximate surface area is 171 Å².